The number of piperazine rings is 1. The molecule has 0 aliphatic carbocycles. The van der Waals surface area contributed by atoms with Gasteiger partial charge in [0.25, 0.3) is 0 Å². The molecule has 3 nitrogen and oxygen atoms in total. The van der Waals surface area contributed by atoms with Crippen molar-refractivity contribution in [2.75, 3.05) is 26.2 Å². The third kappa shape index (κ3) is 3.97. The lowest BCUT2D eigenvalue weighted by atomic mass is 10.0. The van der Waals surface area contributed by atoms with Crippen molar-refractivity contribution in [3.63, 3.8) is 0 Å². The van der Waals surface area contributed by atoms with Crippen LogP contribution in [0.15, 0.2) is 59.3 Å². The first kappa shape index (κ1) is 17.3. The molecule has 1 saturated heterocycles. The Balaban J connectivity index is 1.31. The zero-order valence-corrected chi connectivity index (χ0v) is 15.8. The molecule has 4 rings (SSSR count). The van der Waals surface area contributed by atoms with Crippen molar-refractivity contribution in [1.82, 2.24) is 4.90 Å². The normalized spacial score (nSPS) is 15.5. The molecule has 0 unspecified atom stereocenters. The molecule has 0 atom stereocenters. The van der Waals surface area contributed by atoms with Gasteiger partial charge in [0.05, 0.1) is 26.2 Å². The first-order valence-electron chi connectivity index (χ1n) is 9.38. The highest BCUT2D eigenvalue weighted by Gasteiger charge is 2.23. The number of nitrogens with one attached hydrogen (secondary N) is 1. The number of amides is 1. The molecule has 3 aromatic rings. The van der Waals surface area contributed by atoms with E-state index in [-0.39, 0.29) is 0 Å². The number of hydrogen-bond acceptors (Lipinski definition) is 2. The van der Waals surface area contributed by atoms with Gasteiger partial charge < -0.3 is 9.80 Å². The summed E-state index contributed by atoms with van der Waals surface area (Å²) in [6, 6.07) is 17.3. The fourth-order valence-corrected chi connectivity index (χ4v) is 4.51. The van der Waals surface area contributed by atoms with Gasteiger partial charge in [0, 0.05) is 12.0 Å². The molecule has 0 spiro atoms. The maximum atomic E-state index is 12.5. The molecule has 26 heavy (non-hydrogen) atoms. The van der Waals surface area contributed by atoms with Gasteiger partial charge in [-0.1, -0.05) is 42.5 Å². The second-order valence-electron chi connectivity index (χ2n) is 7.08. The molecule has 1 N–H and O–H groups in total. The van der Waals surface area contributed by atoms with Crippen LogP contribution in [0, 0.1) is 0 Å². The summed E-state index contributed by atoms with van der Waals surface area (Å²) in [4.78, 5) is 16.1. The molecule has 0 radical (unpaired) electrons. The monoisotopic (exact) mass is 365 g/mol. The first-order valence-corrected chi connectivity index (χ1v) is 10.3. The molecule has 2 aromatic carbocycles. The summed E-state index contributed by atoms with van der Waals surface area (Å²) < 4.78 is 0. The fourth-order valence-electron chi connectivity index (χ4n) is 3.81. The van der Waals surface area contributed by atoms with E-state index in [9.17, 15) is 4.79 Å². The standard InChI is InChI=1S/C22H24N2OS/c25-22(9-8-18-10-15-26-17-18)24-13-11-23(12-14-24)16-20-6-3-5-19-4-1-2-7-21(19)20/h1-7,10,15,17H,8-9,11-14,16H2/p+1. The lowest BCUT2D eigenvalue weighted by Crippen LogP contribution is -3.13. The van der Waals surface area contributed by atoms with Gasteiger partial charge in [-0.25, -0.2) is 0 Å². The predicted octanol–water partition coefficient (Wildman–Crippen LogP) is 2.76. The van der Waals surface area contributed by atoms with Gasteiger partial charge in [0.2, 0.25) is 5.91 Å². The summed E-state index contributed by atoms with van der Waals surface area (Å²) in [5, 5.41) is 6.89. The summed E-state index contributed by atoms with van der Waals surface area (Å²) in [6.45, 7) is 4.87. The number of quaternary nitrogens is 1. The molecule has 0 bridgehead atoms. The van der Waals surface area contributed by atoms with E-state index < -0.39 is 0 Å². The van der Waals surface area contributed by atoms with Crippen molar-refractivity contribution >= 4 is 28.0 Å². The molecule has 4 heteroatoms. The van der Waals surface area contributed by atoms with Gasteiger partial charge in [-0.05, 0) is 39.6 Å². The molecule has 1 aromatic heterocycles. The molecular weight excluding hydrogens is 340 g/mol. The summed E-state index contributed by atoms with van der Waals surface area (Å²) in [7, 11) is 0. The van der Waals surface area contributed by atoms with Gasteiger partial charge in [0.15, 0.2) is 0 Å². The molecule has 1 aliphatic rings. The molecular formula is C22H25N2OS+. The lowest BCUT2D eigenvalue weighted by Gasteiger charge is -2.32. The Labute approximate surface area is 158 Å². The Morgan fingerprint density at radius 2 is 1.85 bits per heavy atom. The molecule has 2 heterocycles. The zero-order valence-electron chi connectivity index (χ0n) is 15.0. The van der Waals surface area contributed by atoms with Crippen molar-refractivity contribution < 1.29 is 9.69 Å². The average molecular weight is 366 g/mol. The SMILES string of the molecule is O=C(CCc1ccsc1)N1CC[NH+](Cc2cccc3ccccc23)CC1. The van der Waals surface area contributed by atoms with Crippen molar-refractivity contribution in [2.45, 2.75) is 19.4 Å². The third-order valence-corrected chi connectivity index (χ3v) is 6.08. The van der Waals surface area contributed by atoms with Gasteiger partial charge in [-0.15, -0.1) is 0 Å². The van der Waals surface area contributed by atoms with Crippen LogP contribution in [0.4, 0.5) is 0 Å². The summed E-state index contributed by atoms with van der Waals surface area (Å²) in [5.74, 6) is 0.306. The number of hydrogen-bond donors (Lipinski definition) is 1. The number of aryl methyl sites for hydroxylation is 1. The maximum absolute atomic E-state index is 12.5. The summed E-state index contributed by atoms with van der Waals surface area (Å²) >= 11 is 1.70. The largest absolute Gasteiger partial charge is 0.331 e. The highest BCUT2D eigenvalue weighted by atomic mass is 32.1. The van der Waals surface area contributed by atoms with Crippen LogP contribution in [0.2, 0.25) is 0 Å². The predicted molar refractivity (Wildman–Crippen MR) is 108 cm³/mol. The van der Waals surface area contributed by atoms with E-state index in [1.165, 1.54) is 21.9 Å². The van der Waals surface area contributed by atoms with Crippen molar-refractivity contribution in [3.8, 4) is 0 Å². The van der Waals surface area contributed by atoms with Gasteiger partial charge in [-0.3, -0.25) is 4.79 Å². The van der Waals surface area contributed by atoms with E-state index in [2.05, 4.69) is 64.2 Å². The Hall–Kier alpha value is -2.17. The molecule has 1 amide bonds. The van der Waals surface area contributed by atoms with Crippen molar-refractivity contribution in [2.24, 2.45) is 0 Å². The number of fused-ring (bicyclic) bond motifs is 1. The number of benzene rings is 2. The topological polar surface area (TPSA) is 24.8 Å². The van der Waals surface area contributed by atoms with E-state index in [0.717, 1.165) is 39.1 Å². The van der Waals surface area contributed by atoms with Gasteiger partial charge in [0.1, 0.15) is 6.54 Å². The Bertz CT molecular complexity index is 861. The van der Waals surface area contributed by atoms with Gasteiger partial charge >= 0.3 is 0 Å². The van der Waals surface area contributed by atoms with Crippen LogP contribution in [0.25, 0.3) is 10.8 Å². The second-order valence-corrected chi connectivity index (χ2v) is 7.86. The number of nitrogens with zero attached hydrogens (tertiary/aromatic N) is 1. The van der Waals surface area contributed by atoms with Crippen LogP contribution >= 0.6 is 11.3 Å². The Morgan fingerprint density at radius 3 is 2.65 bits per heavy atom. The quantitative estimate of drug-likeness (QED) is 0.739. The Kier molecular flexibility index (Phi) is 5.32. The van der Waals surface area contributed by atoms with Crippen LogP contribution in [0.5, 0.6) is 0 Å². The minimum atomic E-state index is 0.306. The molecule has 0 saturated carbocycles. The average Bonchev–Trinajstić information content (AvgIpc) is 3.21. The summed E-state index contributed by atoms with van der Waals surface area (Å²) in [6.07, 6.45) is 1.50. The van der Waals surface area contributed by atoms with Crippen LogP contribution in [-0.4, -0.2) is 37.0 Å². The Morgan fingerprint density at radius 1 is 1.04 bits per heavy atom. The minimum absolute atomic E-state index is 0.306. The molecule has 134 valence electrons. The van der Waals surface area contributed by atoms with Crippen LogP contribution in [-0.2, 0) is 17.8 Å². The molecule has 1 fully saturated rings. The minimum Gasteiger partial charge on any atom is -0.331 e. The highest BCUT2D eigenvalue weighted by molar-refractivity contribution is 7.07. The van der Waals surface area contributed by atoms with Gasteiger partial charge in [-0.2, -0.15) is 11.3 Å². The number of rotatable bonds is 5. The van der Waals surface area contributed by atoms with E-state index in [1.807, 2.05) is 0 Å². The van der Waals surface area contributed by atoms with E-state index in [0.29, 0.717) is 12.3 Å². The number of carbonyl (C=O) groups excluding carboxylic acids is 1. The smallest absolute Gasteiger partial charge is 0.223 e. The second kappa shape index (κ2) is 8.02. The van der Waals surface area contributed by atoms with Crippen molar-refractivity contribution in [1.29, 1.82) is 0 Å². The molecule has 1 aliphatic heterocycles. The number of thiophene rings is 1. The fraction of sp³-hybridized carbons (Fsp3) is 0.318. The lowest BCUT2D eigenvalue weighted by molar-refractivity contribution is -0.917. The van der Waals surface area contributed by atoms with Crippen LogP contribution < -0.4 is 4.90 Å². The van der Waals surface area contributed by atoms with Crippen molar-refractivity contribution in [3.05, 3.63) is 70.4 Å². The van der Waals surface area contributed by atoms with Crippen LogP contribution in [0.3, 0.4) is 0 Å². The summed E-state index contributed by atoms with van der Waals surface area (Å²) in [5.41, 5.74) is 2.69. The van der Waals surface area contributed by atoms with E-state index in [4.69, 9.17) is 0 Å². The maximum Gasteiger partial charge on any atom is 0.223 e. The first-order chi connectivity index (χ1) is 12.8. The van der Waals surface area contributed by atoms with Crippen LogP contribution in [0.1, 0.15) is 17.5 Å². The zero-order chi connectivity index (χ0) is 17.8. The van der Waals surface area contributed by atoms with E-state index >= 15 is 0 Å². The highest BCUT2D eigenvalue weighted by Crippen LogP contribution is 2.17. The third-order valence-electron chi connectivity index (χ3n) is 5.35. The van der Waals surface area contributed by atoms with E-state index in [1.54, 1.807) is 16.2 Å². The number of carbonyl (C=O) groups is 1.